The molecular formula is C21H25NO5. The van der Waals surface area contributed by atoms with Gasteiger partial charge < -0.3 is 20.3 Å². The molecule has 1 amide bonds. The van der Waals surface area contributed by atoms with Crippen LogP contribution in [-0.2, 0) is 9.59 Å². The predicted octanol–water partition coefficient (Wildman–Crippen LogP) is 3.61. The molecule has 0 aliphatic rings. The summed E-state index contributed by atoms with van der Waals surface area (Å²) >= 11 is 0. The number of amides is 1. The smallest absolute Gasteiger partial charge is 0.347 e. The van der Waals surface area contributed by atoms with E-state index in [0.29, 0.717) is 23.4 Å². The standard InChI is InChI=1S/C21H25NO5/c1-5-21(4,20(25)26)27-17-8-6-15(7-9-17)18(23)19(24)22-16-11-13(2)10-14(3)12-16/h6-12,18,23H,5H2,1-4H3,(H,22,24)(H,25,26). The first-order valence-electron chi connectivity index (χ1n) is 8.74. The fourth-order valence-corrected chi connectivity index (χ4v) is 2.65. The van der Waals surface area contributed by atoms with Crippen LogP contribution in [0.25, 0.3) is 0 Å². The Labute approximate surface area is 158 Å². The van der Waals surface area contributed by atoms with E-state index in [1.807, 2.05) is 32.0 Å². The van der Waals surface area contributed by atoms with E-state index in [2.05, 4.69) is 5.32 Å². The molecule has 0 aromatic heterocycles. The van der Waals surface area contributed by atoms with E-state index < -0.39 is 23.6 Å². The zero-order valence-corrected chi connectivity index (χ0v) is 15.9. The minimum atomic E-state index is -1.35. The summed E-state index contributed by atoms with van der Waals surface area (Å²) in [6, 6.07) is 11.8. The second-order valence-corrected chi connectivity index (χ2v) is 6.83. The molecule has 0 aliphatic heterocycles. The molecule has 0 fully saturated rings. The molecule has 27 heavy (non-hydrogen) atoms. The number of anilines is 1. The maximum atomic E-state index is 12.3. The molecule has 0 heterocycles. The lowest BCUT2D eigenvalue weighted by molar-refractivity contribution is -0.154. The number of aliphatic carboxylic acids is 1. The highest BCUT2D eigenvalue weighted by Gasteiger charge is 2.33. The van der Waals surface area contributed by atoms with E-state index in [9.17, 15) is 19.8 Å². The summed E-state index contributed by atoms with van der Waals surface area (Å²) in [7, 11) is 0. The highest BCUT2D eigenvalue weighted by Crippen LogP contribution is 2.25. The van der Waals surface area contributed by atoms with Gasteiger partial charge >= 0.3 is 5.97 Å². The number of ether oxygens (including phenoxy) is 1. The Kier molecular flexibility index (Phi) is 6.23. The molecule has 0 radical (unpaired) electrons. The minimum absolute atomic E-state index is 0.297. The van der Waals surface area contributed by atoms with E-state index in [-0.39, 0.29) is 0 Å². The van der Waals surface area contributed by atoms with Gasteiger partial charge in [-0.1, -0.05) is 25.1 Å². The van der Waals surface area contributed by atoms with Gasteiger partial charge in [0.2, 0.25) is 5.60 Å². The number of aliphatic hydroxyl groups is 1. The molecule has 3 N–H and O–H groups in total. The molecule has 0 spiro atoms. The summed E-state index contributed by atoms with van der Waals surface area (Å²) in [5.74, 6) is -1.24. The van der Waals surface area contributed by atoms with Crippen molar-refractivity contribution in [2.24, 2.45) is 0 Å². The quantitative estimate of drug-likeness (QED) is 0.691. The Morgan fingerprint density at radius 2 is 1.67 bits per heavy atom. The van der Waals surface area contributed by atoms with Crippen LogP contribution in [0.2, 0.25) is 0 Å². The maximum absolute atomic E-state index is 12.3. The Balaban J connectivity index is 2.09. The number of carbonyl (C=O) groups excluding carboxylic acids is 1. The number of rotatable bonds is 7. The number of aliphatic hydroxyl groups excluding tert-OH is 1. The Bertz CT molecular complexity index is 811. The largest absolute Gasteiger partial charge is 0.478 e. The number of hydrogen-bond donors (Lipinski definition) is 3. The van der Waals surface area contributed by atoms with Crippen LogP contribution in [0.1, 0.15) is 43.1 Å². The molecule has 2 aromatic carbocycles. The van der Waals surface area contributed by atoms with Crippen molar-refractivity contribution >= 4 is 17.6 Å². The molecular weight excluding hydrogens is 346 g/mol. The fraction of sp³-hybridized carbons (Fsp3) is 0.333. The van der Waals surface area contributed by atoms with Crippen molar-refractivity contribution in [3.63, 3.8) is 0 Å². The van der Waals surface area contributed by atoms with Crippen LogP contribution < -0.4 is 10.1 Å². The third-order valence-corrected chi connectivity index (χ3v) is 4.40. The molecule has 2 unspecified atom stereocenters. The lowest BCUT2D eigenvalue weighted by Crippen LogP contribution is -2.40. The first-order valence-corrected chi connectivity index (χ1v) is 8.74. The second kappa shape index (κ2) is 8.22. The van der Waals surface area contributed by atoms with Crippen LogP contribution in [0.3, 0.4) is 0 Å². The van der Waals surface area contributed by atoms with Gasteiger partial charge in [0.05, 0.1) is 0 Å². The van der Waals surface area contributed by atoms with Gasteiger partial charge in [0.25, 0.3) is 5.91 Å². The van der Waals surface area contributed by atoms with Gasteiger partial charge in [-0.15, -0.1) is 0 Å². The summed E-state index contributed by atoms with van der Waals surface area (Å²) < 4.78 is 5.55. The molecule has 2 rings (SSSR count). The lowest BCUT2D eigenvalue weighted by atomic mass is 10.0. The summed E-state index contributed by atoms with van der Waals surface area (Å²) in [5, 5.41) is 22.3. The molecule has 6 nitrogen and oxygen atoms in total. The first kappa shape index (κ1) is 20.5. The predicted molar refractivity (Wildman–Crippen MR) is 103 cm³/mol. The van der Waals surface area contributed by atoms with Gasteiger partial charge in [-0.25, -0.2) is 4.79 Å². The first-order chi connectivity index (χ1) is 12.6. The molecule has 0 aliphatic carbocycles. The highest BCUT2D eigenvalue weighted by molar-refractivity contribution is 5.94. The van der Waals surface area contributed by atoms with E-state index in [1.165, 1.54) is 6.92 Å². The van der Waals surface area contributed by atoms with Crippen molar-refractivity contribution in [3.8, 4) is 5.75 Å². The molecule has 0 saturated carbocycles. The lowest BCUT2D eigenvalue weighted by Gasteiger charge is -2.25. The molecule has 2 atom stereocenters. The van der Waals surface area contributed by atoms with Crippen LogP contribution in [0.5, 0.6) is 5.75 Å². The zero-order valence-electron chi connectivity index (χ0n) is 15.9. The Morgan fingerprint density at radius 3 is 2.15 bits per heavy atom. The Hall–Kier alpha value is -2.86. The third-order valence-electron chi connectivity index (χ3n) is 4.40. The van der Waals surface area contributed by atoms with Gasteiger partial charge in [-0.3, -0.25) is 4.79 Å². The second-order valence-electron chi connectivity index (χ2n) is 6.83. The van der Waals surface area contributed by atoms with E-state index in [1.54, 1.807) is 31.2 Å². The van der Waals surface area contributed by atoms with Gasteiger partial charge in [-0.2, -0.15) is 0 Å². The van der Waals surface area contributed by atoms with Crippen LogP contribution in [-0.4, -0.2) is 27.7 Å². The topological polar surface area (TPSA) is 95.9 Å². The number of benzene rings is 2. The molecule has 0 saturated heterocycles. The van der Waals surface area contributed by atoms with Gasteiger partial charge in [-0.05, 0) is 68.1 Å². The third kappa shape index (κ3) is 5.08. The van der Waals surface area contributed by atoms with Gasteiger partial charge in [0.1, 0.15) is 5.75 Å². The number of hydrogen-bond acceptors (Lipinski definition) is 4. The normalized spacial score (nSPS) is 14.1. The van der Waals surface area contributed by atoms with Crippen LogP contribution in [0, 0.1) is 13.8 Å². The van der Waals surface area contributed by atoms with Gasteiger partial charge in [0, 0.05) is 5.69 Å². The van der Waals surface area contributed by atoms with Gasteiger partial charge in [0.15, 0.2) is 6.10 Å². The van der Waals surface area contributed by atoms with E-state index in [4.69, 9.17) is 4.74 Å². The van der Waals surface area contributed by atoms with E-state index in [0.717, 1.165) is 11.1 Å². The van der Waals surface area contributed by atoms with Crippen molar-refractivity contribution < 1.29 is 24.5 Å². The number of aryl methyl sites for hydroxylation is 2. The number of carbonyl (C=O) groups is 2. The minimum Gasteiger partial charge on any atom is -0.478 e. The summed E-state index contributed by atoms with van der Waals surface area (Å²) in [6.45, 7) is 7.08. The summed E-state index contributed by atoms with van der Waals surface area (Å²) in [6.07, 6.45) is -1.05. The van der Waals surface area contributed by atoms with Crippen molar-refractivity contribution in [2.45, 2.75) is 45.8 Å². The van der Waals surface area contributed by atoms with Crippen LogP contribution in [0.15, 0.2) is 42.5 Å². The Morgan fingerprint density at radius 1 is 1.11 bits per heavy atom. The SMILES string of the molecule is CCC(C)(Oc1ccc(C(O)C(=O)Nc2cc(C)cc(C)c2)cc1)C(=O)O. The average Bonchev–Trinajstić information content (AvgIpc) is 2.60. The van der Waals surface area contributed by atoms with Crippen molar-refractivity contribution in [1.82, 2.24) is 0 Å². The summed E-state index contributed by atoms with van der Waals surface area (Å²) in [4.78, 5) is 23.6. The fourth-order valence-electron chi connectivity index (χ4n) is 2.65. The van der Waals surface area contributed by atoms with Crippen LogP contribution >= 0.6 is 0 Å². The highest BCUT2D eigenvalue weighted by atomic mass is 16.5. The monoisotopic (exact) mass is 371 g/mol. The van der Waals surface area contributed by atoms with Crippen LogP contribution in [0.4, 0.5) is 5.69 Å². The van der Waals surface area contributed by atoms with Crippen molar-refractivity contribution in [1.29, 1.82) is 0 Å². The van der Waals surface area contributed by atoms with Crippen molar-refractivity contribution in [3.05, 3.63) is 59.2 Å². The molecule has 0 bridgehead atoms. The number of carboxylic acid groups (broad SMARTS) is 1. The molecule has 2 aromatic rings. The van der Waals surface area contributed by atoms with E-state index >= 15 is 0 Å². The average molecular weight is 371 g/mol. The van der Waals surface area contributed by atoms with Crippen molar-refractivity contribution in [2.75, 3.05) is 5.32 Å². The maximum Gasteiger partial charge on any atom is 0.347 e. The molecule has 6 heteroatoms. The number of nitrogens with one attached hydrogen (secondary N) is 1. The molecule has 144 valence electrons. The number of carboxylic acids is 1. The summed E-state index contributed by atoms with van der Waals surface area (Å²) in [5.41, 5.74) is 1.70. The zero-order chi connectivity index (χ0) is 20.2.